The summed E-state index contributed by atoms with van der Waals surface area (Å²) in [5.74, 6) is 1.02. The maximum absolute atomic E-state index is 10.4. The Balaban J connectivity index is 0.00000132. The topological polar surface area (TPSA) is 44.7 Å². The van der Waals surface area contributed by atoms with E-state index in [9.17, 15) is 5.11 Å². The molecule has 2 aliphatic heterocycles. The zero-order chi connectivity index (χ0) is 14.7. The van der Waals surface area contributed by atoms with Crippen LogP contribution in [0.2, 0.25) is 0 Å². The van der Waals surface area contributed by atoms with E-state index in [2.05, 4.69) is 22.3 Å². The van der Waals surface area contributed by atoms with Crippen molar-refractivity contribution in [2.45, 2.75) is 25.8 Å². The van der Waals surface area contributed by atoms with Crippen molar-refractivity contribution >= 4 is 24.8 Å². The molecule has 4 nitrogen and oxygen atoms in total. The lowest BCUT2D eigenvalue weighted by Crippen LogP contribution is -2.47. The molecule has 2 saturated heterocycles. The minimum atomic E-state index is 0. The molecule has 23 heavy (non-hydrogen) atoms. The van der Waals surface area contributed by atoms with E-state index in [1.54, 1.807) is 0 Å². The van der Waals surface area contributed by atoms with Crippen LogP contribution in [-0.4, -0.2) is 49.4 Å². The summed E-state index contributed by atoms with van der Waals surface area (Å²) in [6.07, 6.45) is 2.17. The lowest BCUT2D eigenvalue weighted by atomic mass is 9.85. The second kappa shape index (κ2) is 9.70. The first-order valence-electron chi connectivity index (χ1n) is 8.08. The highest BCUT2D eigenvalue weighted by Crippen LogP contribution is 2.39. The van der Waals surface area contributed by atoms with E-state index in [0.29, 0.717) is 17.7 Å². The van der Waals surface area contributed by atoms with Crippen LogP contribution in [0.3, 0.4) is 0 Å². The number of nitrogens with zero attached hydrogens (tertiary/aromatic N) is 1. The van der Waals surface area contributed by atoms with Gasteiger partial charge < -0.3 is 15.2 Å². The molecule has 0 saturated carbocycles. The second-order valence-electron chi connectivity index (χ2n) is 6.24. The average Bonchev–Trinajstić information content (AvgIpc) is 2.52. The van der Waals surface area contributed by atoms with Gasteiger partial charge in [-0.2, -0.15) is 0 Å². The number of nitrogens with one attached hydrogen (secondary N) is 1. The first-order valence-corrected chi connectivity index (χ1v) is 8.08. The number of rotatable bonds is 3. The van der Waals surface area contributed by atoms with Gasteiger partial charge in [0.05, 0.1) is 0 Å². The molecule has 0 aliphatic carbocycles. The Morgan fingerprint density at radius 1 is 1.17 bits per heavy atom. The van der Waals surface area contributed by atoms with Crippen LogP contribution < -0.4 is 5.32 Å². The molecule has 0 spiro atoms. The van der Waals surface area contributed by atoms with Gasteiger partial charge in [0.1, 0.15) is 5.75 Å². The van der Waals surface area contributed by atoms with E-state index in [-0.39, 0.29) is 24.8 Å². The number of piperazine rings is 1. The van der Waals surface area contributed by atoms with Crippen LogP contribution in [0.25, 0.3) is 0 Å². The number of benzene rings is 1. The third-order valence-corrected chi connectivity index (χ3v) is 4.76. The van der Waals surface area contributed by atoms with Crippen LogP contribution in [-0.2, 0) is 4.74 Å². The molecule has 0 bridgehead atoms. The quantitative estimate of drug-likeness (QED) is 0.867. The van der Waals surface area contributed by atoms with Crippen molar-refractivity contribution in [3.63, 3.8) is 0 Å². The van der Waals surface area contributed by atoms with Crippen LogP contribution in [0.5, 0.6) is 5.75 Å². The van der Waals surface area contributed by atoms with E-state index in [0.717, 1.165) is 63.4 Å². The number of ether oxygens (including phenoxy) is 1. The molecule has 1 atom stereocenters. The van der Waals surface area contributed by atoms with Gasteiger partial charge in [0.15, 0.2) is 0 Å². The molecule has 3 rings (SSSR count). The van der Waals surface area contributed by atoms with E-state index >= 15 is 0 Å². The summed E-state index contributed by atoms with van der Waals surface area (Å²) < 4.78 is 5.53. The molecule has 2 fully saturated rings. The molecule has 1 aromatic rings. The molecule has 0 amide bonds. The molecule has 132 valence electrons. The van der Waals surface area contributed by atoms with Crippen LogP contribution in [0.4, 0.5) is 0 Å². The lowest BCUT2D eigenvalue weighted by Gasteiger charge is -2.41. The van der Waals surface area contributed by atoms with E-state index in [1.807, 2.05) is 13.0 Å². The Bertz CT molecular complexity index is 458. The van der Waals surface area contributed by atoms with Gasteiger partial charge >= 0.3 is 0 Å². The summed E-state index contributed by atoms with van der Waals surface area (Å²) >= 11 is 0. The Labute approximate surface area is 151 Å². The Morgan fingerprint density at radius 2 is 1.83 bits per heavy atom. The van der Waals surface area contributed by atoms with Crippen molar-refractivity contribution < 1.29 is 9.84 Å². The third kappa shape index (κ3) is 4.97. The standard InChI is InChI=1S/C17H26N2O2.2ClH/c1-13-2-3-15(16(20)12-13)17(14-4-10-21-11-5-14)19-8-6-18-7-9-19;;/h2-3,12,14,17-18,20H,4-11H2,1H3;2*1H/t17-;;/m0../s1. The highest BCUT2D eigenvalue weighted by molar-refractivity contribution is 5.85. The Hall–Kier alpha value is -0.520. The maximum atomic E-state index is 10.4. The van der Waals surface area contributed by atoms with Crippen LogP contribution in [0, 0.1) is 12.8 Å². The van der Waals surface area contributed by atoms with Gasteiger partial charge in [-0.1, -0.05) is 12.1 Å². The van der Waals surface area contributed by atoms with E-state index < -0.39 is 0 Å². The number of phenols is 1. The number of halogens is 2. The molecule has 0 unspecified atom stereocenters. The van der Waals surface area contributed by atoms with Gasteiger partial charge in [-0.15, -0.1) is 24.8 Å². The van der Waals surface area contributed by atoms with Gasteiger partial charge in [0.25, 0.3) is 0 Å². The fraction of sp³-hybridized carbons (Fsp3) is 0.647. The number of hydrogen-bond acceptors (Lipinski definition) is 4. The van der Waals surface area contributed by atoms with Crippen LogP contribution in [0.1, 0.15) is 30.0 Å². The van der Waals surface area contributed by atoms with Crippen molar-refractivity contribution in [1.82, 2.24) is 10.2 Å². The highest BCUT2D eigenvalue weighted by Gasteiger charge is 2.32. The molecule has 2 heterocycles. The summed E-state index contributed by atoms with van der Waals surface area (Å²) in [7, 11) is 0. The van der Waals surface area contributed by atoms with Crippen molar-refractivity contribution in [3.05, 3.63) is 29.3 Å². The smallest absolute Gasteiger partial charge is 0.120 e. The van der Waals surface area contributed by atoms with E-state index in [4.69, 9.17) is 4.74 Å². The molecule has 1 aromatic carbocycles. The summed E-state index contributed by atoms with van der Waals surface area (Å²) in [4.78, 5) is 2.54. The fourth-order valence-electron chi connectivity index (χ4n) is 3.64. The first-order chi connectivity index (χ1) is 10.3. The molecular formula is C17H28Cl2N2O2. The normalized spacial score (nSPS) is 21.1. The van der Waals surface area contributed by atoms with Crippen molar-refractivity contribution in [2.75, 3.05) is 39.4 Å². The number of aromatic hydroxyl groups is 1. The Kier molecular flexibility index (Phi) is 8.65. The van der Waals surface area contributed by atoms with Gasteiger partial charge in [-0.3, -0.25) is 4.90 Å². The summed E-state index contributed by atoms with van der Waals surface area (Å²) in [5.41, 5.74) is 2.21. The van der Waals surface area contributed by atoms with Crippen LogP contribution in [0.15, 0.2) is 18.2 Å². The molecule has 2 N–H and O–H groups in total. The van der Waals surface area contributed by atoms with E-state index in [1.165, 1.54) is 0 Å². The third-order valence-electron chi connectivity index (χ3n) is 4.76. The van der Waals surface area contributed by atoms with Crippen molar-refractivity contribution in [2.24, 2.45) is 5.92 Å². The van der Waals surface area contributed by atoms with Gasteiger partial charge in [-0.05, 0) is 37.3 Å². The monoisotopic (exact) mass is 362 g/mol. The molecule has 0 aromatic heterocycles. The molecular weight excluding hydrogens is 335 g/mol. The number of phenolic OH excluding ortho intramolecular Hbond substituents is 1. The number of hydrogen-bond donors (Lipinski definition) is 2. The van der Waals surface area contributed by atoms with Gasteiger partial charge in [-0.25, -0.2) is 0 Å². The predicted molar refractivity (Wildman–Crippen MR) is 98.1 cm³/mol. The minimum absolute atomic E-state index is 0. The predicted octanol–water partition coefficient (Wildman–Crippen LogP) is 2.92. The summed E-state index contributed by atoms with van der Waals surface area (Å²) in [6, 6.07) is 6.44. The largest absolute Gasteiger partial charge is 0.508 e. The van der Waals surface area contributed by atoms with Gasteiger partial charge in [0, 0.05) is 51.0 Å². The van der Waals surface area contributed by atoms with Gasteiger partial charge in [0.2, 0.25) is 0 Å². The minimum Gasteiger partial charge on any atom is -0.508 e. The summed E-state index contributed by atoms with van der Waals surface area (Å²) in [5, 5.41) is 13.9. The maximum Gasteiger partial charge on any atom is 0.120 e. The fourth-order valence-corrected chi connectivity index (χ4v) is 3.64. The number of aryl methyl sites for hydroxylation is 1. The lowest BCUT2D eigenvalue weighted by molar-refractivity contribution is 0.0206. The SMILES string of the molecule is Cc1ccc([C@H](C2CCOCC2)N2CCNCC2)c(O)c1.Cl.Cl. The molecule has 2 aliphatic rings. The summed E-state index contributed by atoms with van der Waals surface area (Å²) in [6.45, 7) is 7.89. The zero-order valence-electron chi connectivity index (χ0n) is 13.7. The molecule has 0 radical (unpaired) electrons. The highest BCUT2D eigenvalue weighted by atomic mass is 35.5. The van der Waals surface area contributed by atoms with Crippen molar-refractivity contribution in [1.29, 1.82) is 0 Å². The zero-order valence-corrected chi connectivity index (χ0v) is 15.3. The first kappa shape index (κ1) is 20.5. The second-order valence-corrected chi connectivity index (χ2v) is 6.24. The van der Waals surface area contributed by atoms with Crippen molar-refractivity contribution in [3.8, 4) is 5.75 Å². The van der Waals surface area contributed by atoms with Crippen LogP contribution >= 0.6 is 24.8 Å². The average molecular weight is 363 g/mol. The molecule has 6 heteroatoms. The Morgan fingerprint density at radius 3 is 2.43 bits per heavy atom.